The highest BCUT2D eigenvalue weighted by Gasteiger charge is 2.18. The monoisotopic (exact) mass is 664 g/mol. The minimum absolute atomic E-state index is 0.594. The summed E-state index contributed by atoms with van der Waals surface area (Å²) in [6.07, 6.45) is 1.87. The summed E-state index contributed by atoms with van der Waals surface area (Å²) in [5.41, 5.74) is 11.3. The van der Waals surface area contributed by atoms with Gasteiger partial charge in [-0.3, -0.25) is 4.98 Å². The Bertz CT molecular complexity index is 2610. The number of aromatic nitrogens is 4. The fourth-order valence-electron chi connectivity index (χ4n) is 6.81. The van der Waals surface area contributed by atoms with Crippen LogP contribution in [0.2, 0.25) is 0 Å². The van der Waals surface area contributed by atoms with Crippen LogP contribution in [-0.4, -0.2) is 19.9 Å². The van der Waals surface area contributed by atoms with Crippen molar-refractivity contribution < 1.29 is 0 Å². The number of hydrogen-bond acceptors (Lipinski definition) is 4. The van der Waals surface area contributed by atoms with Gasteiger partial charge in [0.25, 0.3) is 0 Å². The second-order valence-electron chi connectivity index (χ2n) is 12.7. The summed E-state index contributed by atoms with van der Waals surface area (Å²) < 4.78 is 0. The van der Waals surface area contributed by atoms with Gasteiger partial charge >= 0.3 is 0 Å². The number of fused-ring (bicyclic) bond motifs is 1. The van der Waals surface area contributed by atoms with Crippen molar-refractivity contribution >= 4 is 10.8 Å². The molecule has 4 heteroatoms. The third-order valence-electron chi connectivity index (χ3n) is 9.36. The second-order valence-corrected chi connectivity index (χ2v) is 12.7. The molecule has 0 amide bonds. The molecule has 0 saturated heterocycles. The van der Waals surface area contributed by atoms with Gasteiger partial charge in [-0.2, -0.15) is 0 Å². The lowest BCUT2D eigenvalue weighted by Gasteiger charge is -2.14. The Morgan fingerprint density at radius 3 is 1.46 bits per heavy atom. The van der Waals surface area contributed by atoms with Crippen LogP contribution in [0.25, 0.3) is 89.6 Å². The standard InChI is InChI=1S/C48H32N4/c1-4-15-33(16-5-1)39-30-40(34-17-6-2-7-18-34)32-41(31-39)47-50-46(51-48(52-47)44-26-13-12-24-42(44)35-19-8-3-9-20-35)38-23-14-22-37(29-38)45-43-25-11-10-21-36(43)27-28-49-45/h1-32H. The highest BCUT2D eigenvalue weighted by molar-refractivity contribution is 5.95. The van der Waals surface area contributed by atoms with Crippen molar-refractivity contribution in [3.05, 3.63) is 194 Å². The number of nitrogens with zero attached hydrogens (tertiary/aromatic N) is 4. The van der Waals surface area contributed by atoms with Crippen molar-refractivity contribution in [2.75, 3.05) is 0 Å². The van der Waals surface area contributed by atoms with Gasteiger partial charge in [-0.1, -0.05) is 158 Å². The van der Waals surface area contributed by atoms with Gasteiger partial charge in [0.1, 0.15) is 0 Å². The fraction of sp³-hybridized carbons (Fsp3) is 0. The van der Waals surface area contributed by atoms with Gasteiger partial charge < -0.3 is 0 Å². The molecule has 0 N–H and O–H groups in total. The molecule has 0 unspecified atom stereocenters. The first-order valence-electron chi connectivity index (χ1n) is 17.4. The summed E-state index contributed by atoms with van der Waals surface area (Å²) in [6.45, 7) is 0. The van der Waals surface area contributed by atoms with E-state index in [1.165, 1.54) is 0 Å². The molecule has 9 rings (SSSR count). The predicted octanol–water partition coefficient (Wildman–Crippen LogP) is 12.1. The van der Waals surface area contributed by atoms with Crippen LogP contribution >= 0.6 is 0 Å². The van der Waals surface area contributed by atoms with Crippen molar-refractivity contribution in [2.45, 2.75) is 0 Å². The third kappa shape index (κ3) is 6.14. The van der Waals surface area contributed by atoms with Crippen LogP contribution in [0.5, 0.6) is 0 Å². The van der Waals surface area contributed by atoms with Crippen molar-refractivity contribution in [1.29, 1.82) is 0 Å². The van der Waals surface area contributed by atoms with Gasteiger partial charge in [0.2, 0.25) is 0 Å². The van der Waals surface area contributed by atoms with Gasteiger partial charge in [-0.25, -0.2) is 15.0 Å². The van der Waals surface area contributed by atoms with Crippen LogP contribution in [0.15, 0.2) is 194 Å². The molecule has 0 atom stereocenters. The molecule has 0 saturated carbocycles. The molecule has 52 heavy (non-hydrogen) atoms. The van der Waals surface area contributed by atoms with Crippen LogP contribution in [0.1, 0.15) is 0 Å². The molecule has 0 radical (unpaired) electrons. The van der Waals surface area contributed by atoms with Gasteiger partial charge in [0, 0.05) is 33.8 Å². The Morgan fingerprint density at radius 1 is 0.288 bits per heavy atom. The Balaban J connectivity index is 1.27. The summed E-state index contributed by atoms with van der Waals surface area (Å²) >= 11 is 0. The highest BCUT2D eigenvalue weighted by atomic mass is 15.0. The fourth-order valence-corrected chi connectivity index (χ4v) is 6.81. The molecule has 7 aromatic carbocycles. The van der Waals surface area contributed by atoms with E-state index in [1.54, 1.807) is 0 Å². The van der Waals surface area contributed by atoms with Crippen molar-refractivity contribution in [2.24, 2.45) is 0 Å². The average molecular weight is 665 g/mol. The maximum Gasteiger partial charge on any atom is 0.164 e. The van der Waals surface area contributed by atoms with Crippen LogP contribution in [0, 0.1) is 0 Å². The number of benzene rings is 7. The largest absolute Gasteiger partial charge is 0.256 e. The van der Waals surface area contributed by atoms with E-state index in [0.29, 0.717) is 17.5 Å². The summed E-state index contributed by atoms with van der Waals surface area (Å²) in [6, 6.07) is 65.0. The second kappa shape index (κ2) is 13.7. The van der Waals surface area contributed by atoms with Gasteiger partial charge in [0.15, 0.2) is 17.5 Å². The quantitative estimate of drug-likeness (QED) is 0.170. The summed E-state index contributed by atoms with van der Waals surface area (Å²) in [5, 5.41) is 2.25. The minimum atomic E-state index is 0.594. The van der Waals surface area contributed by atoms with E-state index in [0.717, 1.165) is 72.1 Å². The van der Waals surface area contributed by atoms with E-state index in [-0.39, 0.29) is 0 Å². The van der Waals surface area contributed by atoms with Crippen LogP contribution in [0.3, 0.4) is 0 Å². The zero-order valence-electron chi connectivity index (χ0n) is 28.3. The van der Waals surface area contributed by atoms with Crippen molar-refractivity contribution in [3.63, 3.8) is 0 Å². The van der Waals surface area contributed by atoms with Crippen molar-refractivity contribution in [1.82, 2.24) is 19.9 Å². The summed E-state index contributed by atoms with van der Waals surface area (Å²) in [4.78, 5) is 20.5. The molecule has 9 aromatic rings. The highest BCUT2D eigenvalue weighted by Crippen LogP contribution is 2.36. The Labute approximate surface area is 302 Å². The molecule has 0 spiro atoms. The number of hydrogen-bond donors (Lipinski definition) is 0. The average Bonchev–Trinajstić information content (AvgIpc) is 3.24. The molecule has 4 nitrogen and oxygen atoms in total. The minimum Gasteiger partial charge on any atom is -0.256 e. The Kier molecular flexibility index (Phi) is 8.16. The molecule has 0 fully saturated rings. The van der Waals surface area contributed by atoms with E-state index in [1.807, 2.05) is 36.5 Å². The van der Waals surface area contributed by atoms with E-state index in [4.69, 9.17) is 19.9 Å². The molecule has 2 aromatic heterocycles. The topological polar surface area (TPSA) is 51.6 Å². The van der Waals surface area contributed by atoms with E-state index in [2.05, 4.69) is 158 Å². The first-order valence-corrected chi connectivity index (χ1v) is 17.4. The SMILES string of the molecule is c1ccc(-c2cc(-c3ccccc3)cc(-c3nc(-c4cccc(-c5nccc6ccccc56)c4)nc(-c4ccccc4-c4ccccc4)n3)c2)cc1. The predicted molar refractivity (Wildman–Crippen MR) is 213 cm³/mol. The van der Waals surface area contributed by atoms with E-state index < -0.39 is 0 Å². The maximum absolute atomic E-state index is 5.24. The van der Waals surface area contributed by atoms with E-state index in [9.17, 15) is 0 Å². The van der Waals surface area contributed by atoms with Gasteiger partial charge in [-0.15, -0.1) is 0 Å². The summed E-state index contributed by atoms with van der Waals surface area (Å²) in [5.74, 6) is 1.81. The third-order valence-corrected chi connectivity index (χ3v) is 9.36. The van der Waals surface area contributed by atoms with Gasteiger partial charge in [0.05, 0.1) is 5.69 Å². The molecule has 0 aliphatic carbocycles. The van der Waals surface area contributed by atoms with Crippen LogP contribution < -0.4 is 0 Å². The summed E-state index contributed by atoms with van der Waals surface area (Å²) in [7, 11) is 0. The molecule has 0 aliphatic rings. The first-order chi connectivity index (χ1) is 25.8. The van der Waals surface area contributed by atoms with Crippen LogP contribution in [-0.2, 0) is 0 Å². The molecule has 244 valence electrons. The Hall–Kier alpha value is -7.04. The molecule has 0 aliphatic heterocycles. The number of rotatable bonds is 7. The Morgan fingerprint density at radius 2 is 0.769 bits per heavy atom. The lowest BCUT2D eigenvalue weighted by molar-refractivity contribution is 1.07. The van der Waals surface area contributed by atoms with E-state index >= 15 is 0 Å². The molecular formula is C48H32N4. The molecular weight excluding hydrogens is 633 g/mol. The lowest BCUT2D eigenvalue weighted by atomic mass is 9.95. The van der Waals surface area contributed by atoms with Crippen molar-refractivity contribution in [3.8, 4) is 78.8 Å². The zero-order valence-corrected chi connectivity index (χ0v) is 28.3. The molecule has 0 bridgehead atoms. The van der Waals surface area contributed by atoms with Crippen LogP contribution in [0.4, 0.5) is 0 Å². The maximum atomic E-state index is 5.24. The zero-order chi connectivity index (χ0) is 34.7. The lowest BCUT2D eigenvalue weighted by Crippen LogP contribution is -2.01. The number of pyridine rings is 1. The normalized spacial score (nSPS) is 11.1. The van der Waals surface area contributed by atoms with Gasteiger partial charge in [-0.05, 0) is 69.1 Å². The molecule has 2 heterocycles. The first kappa shape index (κ1) is 31.0. The smallest absolute Gasteiger partial charge is 0.164 e.